The Hall–Kier alpha value is -2.65. The number of anilines is 2. The van der Waals surface area contributed by atoms with Gasteiger partial charge in [-0.15, -0.1) is 0 Å². The van der Waals surface area contributed by atoms with E-state index in [1.807, 2.05) is 0 Å². The van der Waals surface area contributed by atoms with Crippen LogP contribution in [0.3, 0.4) is 0 Å². The second kappa shape index (κ2) is 5.77. The highest BCUT2D eigenvalue weighted by Crippen LogP contribution is 2.28. The summed E-state index contributed by atoms with van der Waals surface area (Å²) >= 11 is 0. The molecule has 21 heavy (non-hydrogen) atoms. The minimum absolute atomic E-state index is 0.236. The second-order valence-corrected chi connectivity index (χ2v) is 5.71. The minimum Gasteiger partial charge on any atom is -0.324 e. The number of nitro groups is 1. The van der Waals surface area contributed by atoms with Gasteiger partial charge in [-0.25, -0.2) is 8.42 Å². The topological polar surface area (TPSA) is 127 Å². The van der Waals surface area contributed by atoms with Crippen LogP contribution in [-0.4, -0.2) is 13.3 Å². The molecule has 0 saturated carbocycles. The molecule has 0 spiro atoms. The number of para-hydroxylation sites is 1. The Bertz CT molecular complexity index is 762. The van der Waals surface area contributed by atoms with Gasteiger partial charge in [0.1, 0.15) is 0 Å². The van der Waals surface area contributed by atoms with Crippen molar-refractivity contribution in [1.82, 2.24) is 0 Å². The molecule has 2 aromatic carbocycles. The van der Waals surface area contributed by atoms with E-state index in [1.54, 1.807) is 30.3 Å². The maximum atomic E-state index is 12.3. The van der Waals surface area contributed by atoms with E-state index < -0.39 is 25.5 Å². The number of sulfonamides is 1. The van der Waals surface area contributed by atoms with Gasteiger partial charge in [0.25, 0.3) is 15.7 Å². The van der Waals surface area contributed by atoms with Crippen LogP contribution in [0.1, 0.15) is 0 Å². The maximum Gasteiger partial charge on any atom is 0.291 e. The third-order valence-electron chi connectivity index (χ3n) is 2.64. The Morgan fingerprint density at radius 2 is 1.71 bits per heavy atom. The molecule has 0 saturated heterocycles. The average Bonchev–Trinajstić information content (AvgIpc) is 2.47. The Balaban J connectivity index is 2.47. The van der Waals surface area contributed by atoms with E-state index in [4.69, 9.17) is 5.84 Å². The number of nitrogens with one attached hydrogen (secondary N) is 2. The molecule has 0 aliphatic rings. The van der Waals surface area contributed by atoms with E-state index in [9.17, 15) is 18.5 Å². The van der Waals surface area contributed by atoms with Gasteiger partial charge in [-0.1, -0.05) is 18.2 Å². The molecule has 110 valence electrons. The van der Waals surface area contributed by atoms with Crippen molar-refractivity contribution in [3.8, 4) is 0 Å². The van der Waals surface area contributed by atoms with Gasteiger partial charge in [-0.2, -0.15) is 0 Å². The Kier molecular flexibility index (Phi) is 4.05. The number of benzene rings is 2. The van der Waals surface area contributed by atoms with E-state index in [0.29, 0.717) is 5.69 Å². The molecule has 0 radical (unpaired) electrons. The van der Waals surface area contributed by atoms with Crippen LogP contribution in [0.15, 0.2) is 53.4 Å². The Morgan fingerprint density at radius 1 is 1.05 bits per heavy atom. The lowest BCUT2D eigenvalue weighted by atomic mass is 10.3. The quantitative estimate of drug-likeness (QED) is 0.438. The van der Waals surface area contributed by atoms with Gasteiger partial charge in [-0.3, -0.25) is 20.7 Å². The summed E-state index contributed by atoms with van der Waals surface area (Å²) in [5.41, 5.74) is 2.22. The molecule has 0 atom stereocenters. The van der Waals surface area contributed by atoms with Crippen LogP contribution in [-0.2, 0) is 10.0 Å². The van der Waals surface area contributed by atoms with Gasteiger partial charge in [0, 0.05) is 11.8 Å². The first-order valence-electron chi connectivity index (χ1n) is 5.77. The highest BCUT2D eigenvalue weighted by molar-refractivity contribution is 7.92. The smallest absolute Gasteiger partial charge is 0.291 e. The first-order chi connectivity index (χ1) is 9.94. The van der Waals surface area contributed by atoms with E-state index >= 15 is 0 Å². The molecule has 0 unspecified atom stereocenters. The highest BCUT2D eigenvalue weighted by atomic mass is 32.2. The van der Waals surface area contributed by atoms with Gasteiger partial charge in [0.2, 0.25) is 0 Å². The van der Waals surface area contributed by atoms with Crippen molar-refractivity contribution in [1.29, 1.82) is 0 Å². The number of nitrogens with two attached hydrogens (primary N) is 1. The zero-order chi connectivity index (χ0) is 15.5. The van der Waals surface area contributed by atoms with Gasteiger partial charge in [0.05, 0.1) is 10.6 Å². The largest absolute Gasteiger partial charge is 0.324 e. The van der Waals surface area contributed by atoms with E-state index in [2.05, 4.69) is 10.1 Å². The summed E-state index contributed by atoms with van der Waals surface area (Å²) in [5.74, 6) is 5.16. The molecule has 0 aliphatic heterocycles. The van der Waals surface area contributed by atoms with Crippen molar-refractivity contribution in [3.05, 3.63) is 58.6 Å². The van der Waals surface area contributed by atoms with Crippen LogP contribution < -0.4 is 16.0 Å². The zero-order valence-electron chi connectivity index (χ0n) is 10.7. The van der Waals surface area contributed by atoms with Gasteiger partial charge in [-0.05, 0) is 24.3 Å². The van der Waals surface area contributed by atoms with Crippen molar-refractivity contribution < 1.29 is 13.3 Å². The molecule has 0 amide bonds. The third-order valence-corrected chi connectivity index (χ3v) is 4.07. The van der Waals surface area contributed by atoms with Crippen LogP contribution >= 0.6 is 0 Å². The Labute approximate surface area is 120 Å². The number of nitro benzene ring substituents is 1. The maximum absolute atomic E-state index is 12.3. The van der Waals surface area contributed by atoms with Crippen LogP contribution in [0.2, 0.25) is 0 Å². The number of hydrogen-bond acceptors (Lipinski definition) is 6. The number of hydrazine groups is 1. The third kappa shape index (κ3) is 3.27. The monoisotopic (exact) mass is 308 g/mol. The van der Waals surface area contributed by atoms with Gasteiger partial charge in [0.15, 0.2) is 4.90 Å². The number of rotatable bonds is 5. The van der Waals surface area contributed by atoms with E-state index in [-0.39, 0.29) is 5.69 Å². The van der Waals surface area contributed by atoms with Crippen LogP contribution in [0, 0.1) is 10.1 Å². The van der Waals surface area contributed by atoms with Crippen LogP contribution in [0.5, 0.6) is 0 Å². The first kappa shape index (κ1) is 14.8. The fraction of sp³-hybridized carbons (Fsp3) is 0. The minimum atomic E-state index is -4.07. The number of nitrogens with zero attached hydrogens (tertiary/aromatic N) is 1. The van der Waals surface area contributed by atoms with E-state index in [0.717, 1.165) is 12.1 Å². The highest BCUT2D eigenvalue weighted by Gasteiger charge is 2.26. The summed E-state index contributed by atoms with van der Waals surface area (Å²) in [6.07, 6.45) is 0. The summed E-state index contributed by atoms with van der Waals surface area (Å²) in [7, 11) is -4.07. The van der Waals surface area contributed by atoms with Gasteiger partial charge < -0.3 is 5.43 Å². The summed E-state index contributed by atoms with van der Waals surface area (Å²) < 4.78 is 26.8. The van der Waals surface area contributed by atoms with E-state index in [1.165, 1.54) is 6.07 Å². The summed E-state index contributed by atoms with van der Waals surface area (Å²) in [6, 6.07) is 11.6. The zero-order valence-corrected chi connectivity index (χ0v) is 11.5. The average molecular weight is 308 g/mol. The summed E-state index contributed by atoms with van der Waals surface area (Å²) in [4.78, 5) is 9.82. The Morgan fingerprint density at radius 3 is 2.29 bits per heavy atom. The summed E-state index contributed by atoms with van der Waals surface area (Å²) in [5, 5.41) is 11.0. The molecular formula is C12H12N4O4S. The van der Waals surface area contributed by atoms with Crippen molar-refractivity contribution >= 4 is 27.1 Å². The van der Waals surface area contributed by atoms with Gasteiger partial charge >= 0.3 is 0 Å². The molecule has 0 aromatic heterocycles. The van der Waals surface area contributed by atoms with Crippen molar-refractivity contribution in [2.45, 2.75) is 4.90 Å². The lowest BCUT2D eigenvalue weighted by Gasteiger charge is -2.09. The molecule has 8 nitrogen and oxygen atoms in total. The SMILES string of the molecule is NNc1ccc(S(=O)(=O)Nc2ccccc2)c([N+](=O)[O-])c1. The fourth-order valence-electron chi connectivity index (χ4n) is 1.69. The lowest BCUT2D eigenvalue weighted by Crippen LogP contribution is -2.15. The molecule has 4 N–H and O–H groups in total. The molecule has 2 aromatic rings. The fourth-order valence-corrected chi connectivity index (χ4v) is 2.91. The molecule has 0 heterocycles. The molecule has 0 bridgehead atoms. The molecule has 9 heteroatoms. The van der Waals surface area contributed by atoms with Crippen LogP contribution in [0.4, 0.5) is 17.1 Å². The molecule has 0 fully saturated rings. The second-order valence-electron chi connectivity index (χ2n) is 4.06. The molecule has 0 aliphatic carbocycles. The van der Waals surface area contributed by atoms with Crippen LogP contribution in [0.25, 0.3) is 0 Å². The normalized spacial score (nSPS) is 10.9. The lowest BCUT2D eigenvalue weighted by molar-refractivity contribution is -0.387. The number of hydrogen-bond donors (Lipinski definition) is 3. The predicted octanol–water partition coefficient (Wildman–Crippen LogP) is 1.68. The molecule has 2 rings (SSSR count). The van der Waals surface area contributed by atoms with Crippen molar-refractivity contribution in [2.75, 3.05) is 10.1 Å². The first-order valence-corrected chi connectivity index (χ1v) is 7.25. The summed E-state index contributed by atoms with van der Waals surface area (Å²) in [6.45, 7) is 0. The molecular weight excluding hydrogens is 296 g/mol. The standard InChI is InChI=1S/C12H12N4O4S/c13-14-10-6-7-12(11(8-10)16(17)18)21(19,20)15-9-4-2-1-3-5-9/h1-8,14-15H,13H2. The van der Waals surface area contributed by atoms with Crippen molar-refractivity contribution in [3.63, 3.8) is 0 Å². The van der Waals surface area contributed by atoms with Crippen molar-refractivity contribution in [2.24, 2.45) is 5.84 Å². The number of nitrogen functional groups attached to an aromatic ring is 1. The predicted molar refractivity (Wildman–Crippen MR) is 78.2 cm³/mol.